The van der Waals surface area contributed by atoms with Crippen molar-refractivity contribution in [2.24, 2.45) is 0 Å². The van der Waals surface area contributed by atoms with E-state index >= 15 is 0 Å². The zero-order valence-corrected chi connectivity index (χ0v) is 10.9. The Labute approximate surface area is 111 Å². The number of benzene rings is 1. The first-order valence-electron chi connectivity index (χ1n) is 5.96. The maximum Gasteiger partial charge on any atom is 0.309 e. The highest BCUT2D eigenvalue weighted by molar-refractivity contribution is 5.69. The summed E-state index contributed by atoms with van der Waals surface area (Å²) in [6, 6.07) is 5.95. The van der Waals surface area contributed by atoms with E-state index in [0.29, 0.717) is 12.1 Å². The number of imidazole rings is 1. The molecule has 0 unspecified atom stereocenters. The van der Waals surface area contributed by atoms with Crippen molar-refractivity contribution in [2.75, 3.05) is 7.11 Å². The molecular formula is C14H16N2O3. The van der Waals surface area contributed by atoms with Crippen molar-refractivity contribution in [3.8, 4) is 5.75 Å². The van der Waals surface area contributed by atoms with Gasteiger partial charge in [-0.05, 0) is 13.0 Å². The monoisotopic (exact) mass is 260 g/mol. The summed E-state index contributed by atoms with van der Waals surface area (Å²) in [6.45, 7) is 2.01. The Balaban J connectivity index is 2.18. The van der Waals surface area contributed by atoms with Gasteiger partial charge in [0.05, 0.1) is 13.5 Å². The standard InChI is InChI=1S/C14H16N2O3/c1-9-3-4-12(19-2)10(5-9)6-13-15-8-11(16-13)7-14(17)18/h3-5,8H,6-7H2,1-2H3,(H,15,16)(H,17,18). The number of nitrogens with zero attached hydrogens (tertiary/aromatic N) is 1. The number of carboxylic acids is 1. The molecule has 1 aromatic heterocycles. The van der Waals surface area contributed by atoms with Gasteiger partial charge >= 0.3 is 5.97 Å². The maximum atomic E-state index is 10.6. The molecule has 5 nitrogen and oxygen atoms in total. The molecule has 2 rings (SSSR count). The minimum atomic E-state index is -0.872. The average Bonchev–Trinajstić information content (AvgIpc) is 2.76. The molecule has 0 amide bonds. The molecule has 1 heterocycles. The second kappa shape index (κ2) is 5.56. The zero-order chi connectivity index (χ0) is 13.8. The zero-order valence-electron chi connectivity index (χ0n) is 10.9. The molecule has 0 radical (unpaired) electrons. The van der Waals surface area contributed by atoms with Crippen LogP contribution in [0.1, 0.15) is 22.6 Å². The third-order valence-corrected chi connectivity index (χ3v) is 2.82. The molecule has 0 spiro atoms. The normalized spacial score (nSPS) is 10.4. The lowest BCUT2D eigenvalue weighted by Crippen LogP contribution is -2.01. The molecule has 0 aliphatic heterocycles. The van der Waals surface area contributed by atoms with Crippen molar-refractivity contribution < 1.29 is 14.6 Å². The molecule has 0 saturated carbocycles. The van der Waals surface area contributed by atoms with Gasteiger partial charge in [0.15, 0.2) is 0 Å². The van der Waals surface area contributed by atoms with E-state index < -0.39 is 5.97 Å². The number of hydrogen-bond acceptors (Lipinski definition) is 3. The first-order valence-corrected chi connectivity index (χ1v) is 5.96. The third-order valence-electron chi connectivity index (χ3n) is 2.82. The van der Waals surface area contributed by atoms with Crippen LogP contribution in [0, 0.1) is 6.92 Å². The Kier molecular flexibility index (Phi) is 3.85. The van der Waals surface area contributed by atoms with Crippen LogP contribution in [0.4, 0.5) is 0 Å². The van der Waals surface area contributed by atoms with Gasteiger partial charge in [-0.3, -0.25) is 4.79 Å². The van der Waals surface area contributed by atoms with E-state index in [4.69, 9.17) is 9.84 Å². The number of aryl methyl sites for hydroxylation is 1. The average molecular weight is 260 g/mol. The molecule has 2 aromatic rings. The highest BCUT2D eigenvalue weighted by atomic mass is 16.5. The summed E-state index contributed by atoms with van der Waals surface area (Å²) in [6.07, 6.45) is 2.11. The molecule has 0 aliphatic carbocycles. The number of aliphatic carboxylic acids is 1. The predicted octanol–water partition coefficient (Wildman–Crippen LogP) is 1.94. The fourth-order valence-electron chi connectivity index (χ4n) is 1.97. The van der Waals surface area contributed by atoms with Gasteiger partial charge in [0.2, 0.25) is 0 Å². The summed E-state index contributed by atoms with van der Waals surface area (Å²) < 4.78 is 5.31. The number of ether oxygens (including phenoxy) is 1. The lowest BCUT2D eigenvalue weighted by molar-refractivity contribution is -0.136. The van der Waals surface area contributed by atoms with Gasteiger partial charge in [-0.15, -0.1) is 0 Å². The number of carboxylic acid groups (broad SMARTS) is 1. The number of aromatic nitrogens is 2. The molecule has 0 fully saturated rings. The van der Waals surface area contributed by atoms with Gasteiger partial charge in [-0.25, -0.2) is 4.98 Å². The summed E-state index contributed by atoms with van der Waals surface area (Å²) in [5.41, 5.74) is 2.78. The van der Waals surface area contributed by atoms with Crippen molar-refractivity contribution in [3.63, 3.8) is 0 Å². The molecule has 1 aromatic carbocycles. The van der Waals surface area contributed by atoms with E-state index in [-0.39, 0.29) is 6.42 Å². The van der Waals surface area contributed by atoms with Crippen LogP contribution in [0.2, 0.25) is 0 Å². The van der Waals surface area contributed by atoms with Crippen molar-refractivity contribution in [2.45, 2.75) is 19.8 Å². The van der Waals surface area contributed by atoms with Gasteiger partial charge in [-0.2, -0.15) is 0 Å². The van der Waals surface area contributed by atoms with Crippen LogP contribution in [0.3, 0.4) is 0 Å². The molecule has 0 aliphatic rings. The molecule has 2 N–H and O–H groups in total. The van der Waals surface area contributed by atoms with Crippen LogP contribution in [0.25, 0.3) is 0 Å². The summed E-state index contributed by atoms with van der Waals surface area (Å²) in [4.78, 5) is 17.8. The first-order chi connectivity index (χ1) is 9.08. The number of aromatic amines is 1. The van der Waals surface area contributed by atoms with Crippen molar-refractivity contribution in [3.05, 3.63) is 47.0 Å². The van der Waals surface area contributed by atoms with Crippen LogP contribution < -0.4 is 4.74 Å². The number of hydrogen-bond donors (Lipinski definition) is 2. The van der Waals surface area contributed by atoms with Gasteiger partial charge in [0.25, 0.3) is 0 Å². The minimum absolute atomic E-state index is 0.0437. The topological polar surface area (TPSA) is 75.2 Å². The van der Waals surface area contributed by atoms with Crippen LogP contribution in [-0.2, 0) is 17.6 Å². The van der Waals surface area contributed by atoms with Gasteiger partial charge in [0.1, 0.15) is 11.6 Å². The second-order valence-corrected chi connectivity index (χ2v) is 4.42. The largest absolute Gasteiger partial charge is 0.496 e. The summed E-state index contributed by atoms with van der Waals surface area (Å²) in [7, 11) is 1.63. The van der Waals surface area contributed by atoms with Gasteiger partial charge < -0.3 is 14.8 Å². The Morgan fingerprint density at radius 3 is 2.95 bits per heavy atom. The maximum absolute atomic E-state index is 10.6. The fourth-order valence-corrected chi connectivity index (χ4v) is 1.97. The van der Waals surface area contributed by atoms with E-state index in [0.717, 1.165) is 22.7 Å². The van der Waals surface area contributed by atoms with Gasteiger partial charge in [-0.1, -0.05) is 17.7 Å². The molecule has 0 saturated heterocycles. The summed E-state index contributed by atoms with van der Waals surface area (Å²) in [5, 5.41) is 8.72. The van der Waals surface area contributed by atoms with E-state index in [1.54, 1.807) is 13.3 Å². The van der Waals surface area contributed by atoms with Crippen LogP contribution in [-0.4, -0.2) is 28.2 Å². The van der Waals surface area contributed by atoms with Crippen LogP contribution in [0.15, 0.2) is 24.4 Å². The van der Waals surface area contributed by atoms with E-state index in [1.165, 1.54) is 0 Å². The quantitative estimate of drug-likeness (QED) is 0.861. The molecule has 0 bridgehead atoms. The lowest BCUT2D eigenvalue weighted by atomic mass is 10.1. The van der Waals surface area contributed by atoms with E-state index in [2.05, 4.69) is 9.97 Å². The van der Waals surface area contributed by atoms with Crippen molar-refractivity contribution >= 4 is 5.97 Å². The van der Waals surface area contributed by atoms with E-state index in [1.807, 2.05) is 25.1 Å². The number of H-pyrrole nitrogens is 1. The molecular weight excluding hydrogens is 244 g/mol. The molecule has 100 valence electrons. The fraction of sp³-hybridized carbons (Fsp3) is 0.286. The Hall–Kier alpha value is -2.30. The second-order valence-electron chi connectivity index (χ2n) is 4.42. The third kappa shape index (κ3) is 3.34. The SMILES string of the molecule is COc1ccc(C)cc1Cc1ncc(CC(=O)O)[nH]1. The van der Waals surface area contributed by atoms with E-state index in [9.17, 15) is 4.79 Å². The van der Waals surface area contributed by atoms with Crippen molar-refractivity contribution in [1.29, 1.82) is 0 Å². The number of carbonyl (C=O) groups is 1. The molecule has 5 heteroatoms. The molecule has 0 atom stereocenters. The Morgan fingerprint density at radius 1 is 1.47 bits per heavy atom. The van der Waals surface area contributed by atoms with Crippen LogP contribution in [0.5, 0.6) is 5.75 Å². The first kappa shape index (κ1) is 13.1. The summed E-state index contributed by atoms with van der Waals surface area (Å²) >= 11 is 0. The Bertz CT molecular complexity index is 590. The van der Waals surface area contributed by atoms with Crippen LogP contribution >= 0.6 is 0 Å². The number of nitrogens with one attached hydrogen (secondary N) is 1. The van der Waals surface area contributed by atoms with Crippen molar-refractivity contribution in [1.82, 2.24) is 9.97 Å². The minimum Gasteiger partial charge on any atom is -0.496 e. The smallest absolute Gasteiger partial charge is 0.309 e. The highest BCUT2D eigenvalue weighted by Gasteiger charge is 2.09. The number of methoxy groups -OCH3 is 1. The lowest BCUT2D eigenvalue weighted by Gasteiger charge is -2.08. The summed E-state index contributed by atoms with van der Waals surface area (Å²) in [5.74, 6) is 0.672. The van der Waals surface area contributed by atoms with Gasteiger partial charge in [0, 0.05) is 23.9 Å². The predicted molar refractivity (Wildman–Crippen MR) is 70.5 cm³/mol. The number of rotatable bonds is 5. The Morgan fingerprint density at radius 2 is 2.26 bits per heavy atom. The molecule has 19 heavy (non-hydrogen) atoms. The highest BCUT2D eigenvalue weighted by Crippen LogP contribution is 2.21.